The molecule has 1 fully saturated rings. The summed E-state index contributed by atoms with van der Waals surface area (Å²) < 4.78 is 0. The summed E-state index contributed by atoms with van der Waals surface area (Å²) in [4.78, 5) is 18.9. The first-order valence-corrected chi connectivity index (χ1v) is 8.97. The number of hydrogen-bond acceptors (Lipinski definition) is 4. The lowest BCUT2D eigenvalue weighted by atomic mass is 10.0. The van der Waals surface area contributed by atoms with E-state index < -0.39 is 0 Å². The maximum absolute atomic E-state index is 11.6. The average Bonchev–Trinajstić information content (AvgIpc) is 2.44. The Labute approximate surface area is 131 Å². The standard InChI is InChI=1S/C16H27N3OS/c1-12-11-14(20)19-15(18-12)16(2,3)17-9-10-21-13-7-5-4-6-8-13/h11,13,17H,4-10H2,1-3H3,(H,18,19,20). The van der Waals surface area contributed by atoms with Crippen molar-refractivity contribution in [3.8, 4) is 0 Å². The highest BCUT2D eigenvalue weighted by atomic mass is 32.2. The third-order valence-electron chi connectivity index (χ3n) is 4.04. The fourth-order valence-corrected chi connectivity index (χ4v) is 4.00. The van der Waals surface area contributed by atoms with Gasteiger partial charge in [-0.25, -0.2) is 4.98 Å². The molecule has 5 heteroatoms. The van der Waals surface area contributed by atoms with Crippen molar-refractivity contribution in [3.05, 3.63) is 27.9 Å². The summed E-state index contributed by atoms with van der Waals surface area (Å²) in [5.41, 5.74) is 0.377. The van der Waals surface area contributed by atoms with Crippen molar-refractivity contribution in [1.29, 1.82) is 0 Å². The average molecular weight is 309 g/mol. The van der Waals surface area contributed by atoms with Crippen molar-refractivity contribution in [2.24, 2.45) is 0 Å². The van der Waals surface area contributed by atoms with E-state index >= 15 is 0 Å². The van der Waals surface area contributed by atoms with Gasteiger partial charge >= 0.3 is 0 Å². The molecule has 4 nitrogen and oxygen atoms in total. The van der Waals surface area contributed by atoms with Crippen LogP contribution in [-0.4, -0.2) is 27.5 Å². The lowest BCUT2D eigenvalue weighted by Gasteiger charge is -2.26. The summed E-state index contributed by atoms with van der Waals surface area (Å²) >= 11 is 2.08. The molecule has 2 N–H and O–H groups in total. The van der Waals surface area contributed by atoms with E-state index in [1.807, 2.05) is 6.92 Å². The number of aromatic amines is 1. The molecule has 1 saturated carbocycles. The predicted octanol–water partition coefficient (Wildman–Crippen LogP) is 2.97. The van der Waals surface area contributed by atoms with Crippen molar-refractivity contribution >= 4 is 11.8 Å². The lowest BCUT2D eigenvalue weighted by molar-refractivity contribution is 0.390. The Bertz CT molecular complexity index is 506. The molecular weight excluding hydrogens is 282 g/mol. The quantitative estimate of drug-likeness (QED) is 0.793. The Balaban J connectivity index is 1.81. The van der Waals surface area contributed by atoms with Gasteiger partial charge < -0.3 is 10.3 Å². The second kappa shape index (κ2) is 7.45. The zero-order valence-electron chi connectivity index (χ0n) is 13.4. The zero-order chi connectivity index (χ0) is 15.3. The van der Waals surface area contributed by atoms with Gasteiger partial charge in [-0.05, 0) is 33.6 Å². The molecule has 21 heavy (non-hydrogen) atoms. The Morgan fingerprint density at radius 2 is 2.10 bits per heavy atom. The van der Waals surface area contributed by atoms with Crippen LogP contribution in [0.1, 0.15) is 57.5 Å². The fourth-order valence-electron chi connectivity index (χ4n) is 2.78. The smallest absolute Gasteiger partial charge is 0.251 e. The van der Waals surface area contributed by atoms with Crippen LogP contribution in [0.3, 0.4) is 0 Å². The predicted molar refractivity (Wildman–Crippen MR) is 90.0 cm³/mol. The number of rotatable bonds is 6. The van der Waals surface area contributed by atoms with Gasteiger partial charge in [0.2, 0.25) is 0 Å². The zero-order valence-corrected chi connectivity index (χ0v) is 14.2. The molecule has 0 aliphatic heterocycles. The first kappa shape index (κ1) is 16.6. The molecule has 0 bridgehead atoms. The SMILES string of the molecule is Cc1cc(=O)[nH]c(C(C)(C)NCCSC2CCCCC2)n1. The summed E-state index contributed by atoms with van der Waals surface area (Å²) in [6.45, 7) is 6.92. The number of nitrogens with zero attached hydrogens (tertiary/aromatic N) is 1. The molecule has 1 aliphatic rings. The largest absolute Gasteiger partial charge is 0.309 e. The third-order valence-corrected chi connectivity index (χ3v) is 5.42. The molecule has 0 spiro atoms. The molecule has 1 aromatic rings. The molecule has 0 aromatic carbocycles. The second-order valence-electron chi connectivity index (χ2n) is 6.42. The van der Waals surface area contributed by atoms with Crippen molar-refractivity contribution in [2.75, 3.05) is 12.3 Å². The minimum atomic E-state index is -0.307. The summed E-state index contributed by atoms with van der Waals surface area (Å²) in [5, 5.41) is 4.36. The molecule has 2 rings (SSSR count). The Kier molecular flexibility index (Phi) is 5.88. The van der Waals surface area contributed by atoms with Crippen LogP contribution < -0.4 is 10.9 Å². The van der Waals surface area contributed by atoms with Crippen LogP contribution in [0.4, 0.5) is 0 Å². The highest BCUT2D eigenvalue weighted by Gasteiger charge is 2.23. The first-order chi connectivity index (χ1) is 9.97. The maximum Gasteiger partial charge on any atom is 0.251 e. The molecule has 0 radical (unpaired) electrons. The summed E-state index contributed by atoms with van der Waals surface area (Å²) in [6.07, 6.45) is 6.95. The first-order valence-electron chi connectivity index (χ1n) is 7.92. The van der Waals surface area contributed by atoms with E-state index in [1.54, 1.807) is 0 Å². The van der Waals surface area contributed by atoms with Crippen LogP contribution in [-0.2, 0) is 5.54 Å². The van der Waals surface area contributed by atoms with E-state index in [-0.39, 0.29) is 11.1 Å². The van der Waals surface area contributed by atoms with E-state index in [4.69, 9.17) is 0 Å². The number of H-pyrrole nitrogens is 1. The van der Waals surface area contributed by atoms with E-state index in [1.165, 1.54) is 38.2 Å². The summed E-state index contributed by atoms with van der Waals surface area (Å²) in [6, 6.07) is 1.53. The van der Waals surface area contributed by atoms with E-state index in [0.717, 1.165) is 29.1 Å². The van der Waals surface area contributed by atoms with Gasteiger partial charge in [0.15, 0.2) is 0 Å². The Morgan fingerprint density at radius 3 is 2.76 bits per heavy atom. The maximum atomic E-state index is 11.6. The Hall–Kier alpha value is -0.810. The van der Waals surface area contributed by atoms with Crippen molar-refractivity contribution in [1.82, 2.24) is 15.3 Å². The number of hydrogen-bond donors (Lipinski definition) is 2. The highest BCUT2D eigenvalue weighted by Crippen LogP contribution is 2.28. The van der Waals surface area contributed by atoms with Gasteiger partial charge in [0.25, 0.3) is 5.56 Å². The van der Waals surface area contributed by atoms with Gasteiger partial charge in [0.1, 0.15) is 5.82 Å². The van der Waals surface area contributed by atoms with Gasteiger partial charge in [-0.3, -0.25) is 4.79 Å². The Morgan fingerprint density at radius 1 is 1.38 bits per heavy atom. The van der Waals surface area contributed by atoms with Crippen LogP contribution in [0.15, 0.2) is 10.9 Å². The van der Waals surface area contributed by atoms with E-state index in [9.17, 15) is 4.79 Å². The molecular formula is C16H27N3OS. The number of thioether (sulfide) groups is 1. The molecule has 1 aliphatic carbocycles. The van der Waals surface area contributed by atoms with Crippen LogP contribution >= 0.6 is 11.8 Å². The molecule has 0 unspecified atom stereocenters. The topological polar surface area (TPSA) is 57.8 Å². The van der Waals surface area contributed by atoms with E-state index in [2.05, 4.69) is 40.9 Å². The van der Waals surface area contributed by atoms with Gasteiger partial charge in [-0.1, -0.05) is 19.3 Å². The van der Waals surface area contributed by atoms with Crippen LogP contribution in [0.25, 0.3) is 0 Å². The lowest BCUT2D eigenvalue weighted by Crippen LogP contribution is -2.41. The molecule has 0 atom stereocenters. The van der Waals surface area contributed by atoms with Crippen molar-refractivity contribution < 1.29 is 0 Å². The number of aromatic nitrogens is 2. The number of aryl methyl sites for hydroxylation is 1. The summed E-state index contributed by atoms with van der Waals surface area (Å²) in [7, 11) is 0. The van der Waals surface area contributed by atoms with Gasteiger partial charge in [-0.2, -0.15) is 11.8 Å². The van der Waals surface area contributed by atoms with Gasteiger partial charge in [0.05, 0.1) is 5.54 Å². The second-order valence-corrected chi connectivity index (χ2v) is 7.83. The van der Waals surface area contributed by atoms with Crippen LogP contribution in [0, 0.1) is 6.92 Å². The van der Waals surface area contributed by atoms with Crippen molar-refractivity contribution in [3.63, 3.8) is 0 Å². The minimum Gasteiger partial charge on any atom is -0.309 e. The van der Waals surface area contributed by atoms with Crippen LogP contribution in [0.5, 0.6) is 0 Å². The molecule has 0 amide bonds. The van der Waals surface area contributed by atoms with Gasteiger partial charge in [-0.15, -0.1) is 0 Å². The minimum absolute atomic E-state index is 0.0797. The molecule has 1 heterocycles. The fraction of sp³-hybridized carbons (Fsp3) is 0.750. The molecule has 118 valence electrons. The molecule has 1 aromatic heterocycles. The highest BCUT2D eigenvalue weighted by molar-refractivity contribution is 7.99. The molecule has 0 saturated heterocycles. The number of nitrogens with one attached hydrogen (secondary N) is 2. The van der Waals surface area contributed by atoms with Gasteiger partial charge in [0, 0.05) is 29.3 Å². The van der Waals surface area contributed by atoms with Crippen LogP contribution in [0.2, 0.25) is 0 Å². The third kappa shape index (κ3) is 5.15. The monoisotopic (exact) mass is 309 g/mol. The normalized spacial score (nSPS) is 17.1. The van der Waals surface area contributed by atoms with E-state index in [0.29, 0.717) is 0 Å². The summed E-state index contributed by atoms with van der Waals surface area (Å²) in [5.74, 6) is 1.83. The van der Waals surface area contributed by atoms with Crippen molar-refractivity contribution in [2.45, 2.75) is 63.7 Å².